The molecule has 0 saturated heterocycles. The summed E-state index contributed by atoms with van der Waals surface area (Å²) in [6.45, 7) is 15.6. The normalized spacial score (nSPS) is 21.9. The lowest BCUT2D eigenvalue weighted by molar-refractivity contribution is 0.417. The van der Waals surface area contributed by atoms with Gasteiger partial charge in [0.25, 0.3) is 0 Å². The van der Waals surface area contributed by atoms with E-state index in [1.54, 1.807) is 5.56 Å². The van der Waals surface area contributed by atoms with Crippen LogP contribution in [0.4, 0.5) is 0 Å². The molecule has 31 heavy (non-hydrogen) atoms. The summed E-state index contributed by atoms with van der Waals surface area (Å²) in [6, 6.07) is 14.1. The second-order valence-electron chi connectivity index (χ2n) is 10.4. The van der Waals surface area contributed by atoms with E-state index in [4.69, 9.17) is 0 Å². The number of benzene rings is 2. The first kappa shape index (κ1) is 22.1. The Labute approximate surface area is 190 Å². The predicted molar refractivity (Wildman–Crippen MR) is 136 cm³/mol. The van der Waals surface area contributed by atoms with Crippen LogP contribution in [0, 0.1) is 31.6 Å². The zero-order valence-electron chi connectivity index (χ0n) is 20.0. The van der Waals surface area contributed by atoms with E-state index in [1.807, 2.05) is 0 Å². The van der Waals surface area contributed by atoms with Crippen LogP contribution in [0.3, 0.4) is 0 Å². The minimum atomic E-state index is 0.558. The van der Waals surface area contributed by atoms with Crippen molar-refractivity contribution in [3.63, 3.8) is 0 Å². The summed E-state index contributed by atoms with van der Waals surface area (Å²) in [5.74, 6) is 2.26. The number of aryl methyl sites for hydroxylation is 3. The van der Waals surface area contributed by atoms with Crippen LogP contribution in [0.5, 0.6) is 0 Å². The van der Waals surface area contributed by atoms with E-state index in [1.165, 1.54) is 77.5 Å². The van der Waals surface area contributed by atoms with Crippen LogP contribution in [-0.4, -0.2) is 0 Å². The topological polar surface area (TPSA) is 0 Å². The maximum Gasteiger partial charge on any atom is 0.000188 e. The zero-order chi connectivity index (χ0) is 22.0. The highest BCUT2D eigenvalue weighted by Crippen LogP contribution is 2.39. The van der Waals surface area contributed by atoms with Gasteiger partial charge in [-0.1, -0.05) is 86.0 Å². The van der Waals surface area contributed by atoms with Gasteiger partial charge in [-0.15, -0.1) is 0 Å². The van der Waals surface area contributed by atoms with Crippen LogP contribution in [0.2, 0.25) is 0 Å². The van der Waals surface area contributed by atoms with Crippen LogP contribution >= 0.6 is 0 Å². The van der Waals surface area contributed by atoms with Crippen LogP contribution in [0.15, 0.2) is 60.7 Å². The van der Waals surface area contributed by atoms with Crippen molar-refractivity contribution in [2.75, 3.05) is 0 Å². The molecule has 0 amide bonds. The Morgan fingerprint density at radius 2 is 1.74 bits per heavy atom. The summed E-state index contributed by atoms with van der Waals surface area (Å²) in [7, 11) is 0. The second kappa shape index (κ2) is 9.60. The molecular formula is C31H40. The summed E-state index contributed by atoms with van der Waals surface area (Å²) >= 11 is 0. The van der Waals surface area contributed by atoms with Gasteiger partial charge in [-0.05, 0) is 98.4 Å². The molecule has 0 radical (unpaired) electrons. The molecule has 2 aromatic rings. The third-order valence-electron chi connectivity index (χ3n) is 8.07. The SMILES string of the molecule is C=C1CCC(=C)C1CCCc1cccc(-c2cc(C)cc(C)c2CC2CCCC2C)c1. The van der Waals surface area contributed by atoms with Crippen molar-refractivity contribution in [2.24, 2.45) is 17.8 Å². The Balaban J connectivity index is 1.52. The fourth-order valence-corrected chi connectivity index (χ4v) is 6.08. The molecule has 2 aliphatic rings. The summed E-state index contributed by atoms with van der Waals surface area (Å²) in [6.07, 6.45) is 11.3. The van der Waals surface area contributed by atoms with Crippen molar-refractivity contribution >= 4 is 0 Å². The van der Waals surface area contributed by atoms with E-state index < -0.39 is 0 Å². The van der Waals surface area contributed by atoms with Crippen LogP contribution in [-0.2, 0) is 12.8 Å². The van der Waals surface area contributed by atoms with Gasteiger partial charge in [0.2, 0.25) is 0 Å². The molecule has 2 atom stereocenters. The average molecular weight is 413 g/mol. The summed E-state index contributed by atoms with van der Waals surface area (Å²) in [5, 5.41) is 0. The van der Waals surface area contributed by atoms with E-state index in [0.717, 1.165) is 31.1 Å². The van der Waals surface area contributed by atoms with Gasteiger partial charge < -0.3 is 0 Å². The summed E-state index contributed by atoms with van der Waals surface area (Å²) in [5.41, 5.74) is 11.6. The Morgan fingerprint density at radius 1 is 0.968 bits per heavy atom. The third-order valence-corrected chi connectivity index (χ3v) is 8.07. The zero-order valence-corrected chi connectivity index (χ0v) is 20.0. The Kier molecular flexibility index (Phi) is 6.85. The van der Waals surface area contributed by atoms with Gasteiger partial charge in [-0.3, -0.25) is 0 Å². The molecule has 0 aromatic heterocycles. The lowest BCUT2D eigenvalue weighted by Crippen LogP contribution is -2.10. The minimum absolute atomic E-state index is 0.558. The van der Waals surface area contributed by atoms with Gasteiger partial charge >= 0.3 is 0 Å². The summed E-state index contributed by atoms with van der Waals surface area (Å²) < 4.78 is 0. The Bertz CT molecular complexity index is 944. The summed E-state index contributed by atoms with van der Waals surface area (Å²) in [4.78, 5) is 0. The molecule has 4 rings (SSSR count). The molecule has 2 aromatic carbocycles. The van der Waals surface area contributed by atoms with Crippen molar-refractivity contribution in [1.29, 1.82) is 0 Å². The third kappa shape index (κ3) is 5.05. The van der Waals surface area contributed by atoms with E-state index in [-0.39, 0.29) is 0 Å². The second-order valence-corrected chi connectivity index (χ2v) is 10.4. The molecule has 0 bridgehead atoms. The first-order valence-electron chi connectivity index (χ1n) is 12.5. The highest BCUT2D eigenvalue weighted by molar-refractivity contribution is 5.70. The Hall–Kier alpha value is -2.08. The first-order chi connectivity index (χ1) is 14.9. The lowest BCUT2D eigenvalue weighted by Gasteiger charge is -2.21. The van der Waals surface area contributed by atoms with Crippen LogP contribution < -0.4 is 0 Å². The fourth-order valence-electron chi connectivity index (χ4n) is 6.08. The molecule has 0 heterocycles. The highest BCUT2D eigenvalue weighted by Gasteiger charge is 2.25. The van der Waals surface area contributed by atoms with Crippen LogP contribution in [0.1, 0.15) is 74.1 Å². The quantitative estimate of drug-likeness (QED) is 0.399. The molecule has 0 aliphatic heterocycles. The number of rotatable bonds is 7. The predicted octanol–water partition coefficient (Wildman–Crippen LogP) is 8.79. The average Bonchev–Trinajstić information content (AvgIpc) is 3.29. The van der Waals surface area contributed by atoms with E-state index >= 15 is 0 Å². The maximum atomic E-state index is 4.28. The molecule has 2 aliphatic carbocycles. The maximum absolute atomic E-state index is 4.28. The molecule has 0 heteroatoms. The standard InChI is InChI=1S/C31H40/c1-21-17-25(5)30(20-27-12-6-9-22(27)2)31(18-21)28-13-7-10-26(19-28)11-8-14-29-23(3)15-16-24(29)4/h7,10,13,17-19,22,27,29H,3-4,6,8-9,11-12,14-16,20H2,1-2,5H3. The van der Waals surface area contributed by atoms with Gasteiger partial charge in [0, 0.05) is 5.92 Å². The smallest absolute Gasteiger partial charge is 0.000188 e. The molecule has 2 fully saturated rings. The van der Waals surface area contributed by atoms with Crippen molar-refractivity contribution in [3.05, 3.63) is 83.0 Å². The number of hydrogen-bond acceptors (Lipinski definition) is 0. The lowest BCUT2D eigenvalue weighted by atomic mass is 9.84. The molecule has 0 nitrogen and oxygen atoms in total. The van der Waals surface area contributed by atoms with E-state index in [9.17, 15) is 0 Å². The molecule has 0 N–H and O–H groups in total. The molecule has 2 unspecified atom stereocenters. The Morgan fingerprint density at radius 3 is 2.45 bits per heavy atom. The molecular weight excluding hydrogens is 372 g/mol. The largest absolute Gasteiger partial charge is 0.0992 e. The van der Waals surface area contributed by atoms with E-state index in [2.05, 4.69) is 70.3 Å². The molecule has 2 saturated carbocycles. The molecule has 164 valence electrons. The van der Waals surface area contributed by atoms with Crippen LogP contribution in [0.25, 0.3) is 11.1 Å². The monoisotopic (exact) mass is 412 g/mol. The van der Waals surface area contributed by atoms with Crippen molar-refractivity contribution in [2.45, 2.75) is 78.6 Å². The number of allylic oxidation sites excluding steroid dienone is 2. The fraction of sp³-hybridized carbons (Fsp3) is 0.484. The highest BCUT2D eigenvalue weighted by atomic mass is 14.3. The van der Waals surface area contributed by atoms with Crippen molar-refractivity contribution in [1.82, 2.24) is 0 Å². The van der Waals surface area contributed by atoms with Crippen molar-refractivity contribution < 1.29 is 0 Å². The van der Waals surface area contributed by atoms with Crippen molar-refractivity contribution in [3.8, 4) is 11.1 Å². The van der Waals surface area contributed by atoms with E-state index in [0.29, 0.717) is 5.92 Å². The van der Waals surface area contributed by atoms with Gasteiger partial charge in [0.05, 0.1) is 0 Å². The van der Waals surface area contributed by atoms with Gasteiger partial charge in [-0.25, -0.2) is 0 Å². The minimum Gasteiger partial charge on any atom is -0.0992 e. The first-order valence-corrected chi connectivity index (χ1v) is 12.5. The van der Waals surface area contributed by atoms with Gasteiger partial charge in [-0.2, -0.15) is 0 Å². The van der Waals surface area contributed by atoms with Gasteiger partial charge in [0.15, 0.2) is 0 Å². The molecule has 0 spiro atoms. The number of hydrogen-bond donors (Lipinski definition) is 0. The van der Waals surface area contributed by atoms with Gasteiger partial charge in [0.1, 0.15) is 0 Å².